The number of aromatic nitrogens is 4. The van der Waals surface area contributed by atoms with Gasteiger partial charge in [-0.05, 0) is 24.9 Å². The van der Waals surface area contributed by atoms with E-state index >= 15 is 0 Å². The van der Waals surface area contributed by atoms with E-state index in [-0.39, 0.29) is 5.54 Å². The van der Waals surface area contributed by atoms with Gasteiger partial charge in [-0.2, -0.15) is 5.10 Å². The Morgan fingerprint density at radius 1 is 1.00 bits per heavy atom. The minimum atomic E-state index is 0.0610. The number of imidazole rings is 1. The average Bonchev–Trinajstić information content (AvgIpc) is 3.37. The van der Waals surface area contributed by atoms with E-state index < -0.39 is 0 Å². The molecule has 6 nitrogen and oxygen atoms in total. The Morgan fingerprint density at radius 2 is 1.79 bits per heavy atom. The van der Waals surface area contributed by atoms with Crippen molar-refractivity contribution in [2.24, 2.45) is 7.05 Å². The number of fused-ring (bicyclic) bond motifs is 2. The molecule has 6 heteroatoms. The zero-order chi connectivity index (χ0) is 19.8. The SMILES string of the molecule is CCN1CCn2c(-c3ccccc3)cnc2C12CCN(Cc1cnn(C)c1)CC2. The fourth-order valence-electron chi connectivity index (χ4n) is 5.28. The summed E-state index contributed by atoms with van der Waals surface area (Å²) < 4.78 is 4.38. The second kappa shape index (κ2) is 7.43. The summed E-state index contributed by atoms with van der Waals surface area (Å²) in [6, 6.07) is 10.7. The molecule has 1 fully saturated rings. The molecule has 1 aromatic carbocycles. The normalized spacial score (nSPS) is 19.5. The fourth-order valence-corrected chi connectivity index (χ4v) is 5.28. The number of hydrogen-bond acceptors (Lipinski definition) is 4. The number of hydrogen-bond donors (Lipinski definition) is 0. The molecule has 2 aliphatic rings. The molecule has 0 aliphatic carbocycles. The molecule has 0 N–H and O–H groups in total. The lowest BCUT2D eigenvalue weighted by atomic mass is 9.83. The largest absolute Gasteiger partial charge is 0.325 e. The summed E-state index contributed by atoms with van der Waals surface area (Å²) in [6.45, 7) is 8.67. The molecule has 1 saturated heterocycles. The van der Waals surface area contributed by atoms with Crippen molar-refractivity contribution in [3.8, 4) is 11.3 Å². The zero-order valence-corrected chi connectivity index (χ0v) is 17.5. The van der Waals surface area contributed by atoms with Gasteiger partial charge in [0.25, 0.3) is 0 Å². The van der Waals surface area contributed by atoms with Gasteiger partial charge >= 0.3 is 0 Å². The smallest absolute Gasteiger partial charge is 0.129 e. The highest BCUT2D eigenvalue weighted by Crippen LogP contribution is 2.42. The highest BCUT2D eigenvalue weighted by atomic mass is 15.3. The minimum absolute atomic E-state index is 0.0610. The van der Waals surface area contributed by atoms with Crippen molar-refractivity contribution in [2.75, 3.05) is 26.2 Å². The molecule has 0 unspecified atom stereocenters. The van der Waals surface area contributed by atoms with Crippen molar-refractivity contribution in [3.05, 3.63) is 60.3 Å². The summed E-state index contributed by atoms with van der Waals surface area (Å²) in [5.41, 5.74) is 3.88. The van der Waals surface area contributed by atoms with E-state index in [0.29, 0.717) is 0 Å². The van der Waals surface area contributed by atoms with E-state index in [1.165, 1.54) is 22.6 Å². The predicted octanol–water partition coefficient (Wildman–Crippen LogP) is 3.11. The number of likely N-dealkylation sites (N-methyl/N-ethyl adjacent to an activating group) is 1. The summed E-state index contributed by atoms with van der Waals surface area (Å²) in [7, 11) is 1.99. The first-order chi connectivity index (χ1) is 14.2. The van der Waals surface area contributed by atoms with E-state index in [9.17, 15) is 0 Å². The molecule has 4 heterocycles. The third kappa shape index (κ3) is 3.20. The first-order valence-corrected chi connectivity index (χ1v) is 10.8. The Hall–Kier alpha value is -2.44. The molecular weight excluding hydrogens is 360 g/mol. The third-order valence-electron chi connectivity index (χ3n) is 6.77. The molecule has 0 amide bonds. The number of aryl methyl sites for hydroxylation is 1. The van der Waals surface area contributed by atoms with Crippen molar-refractivity contribution in [1.29, 1.82) is 0 Å². The maximum Gasteiger partial charge on any atom is 0.129 e. The lowest BCUT2D eigenvalue weighted by molar-refractivity contribution is -0.00772. The lowest BCUT2D eigenvalue weighted by Gasteiger charge is -2.50. The lowest BCUT2D eigenvalue weighted by Crippen LogP contribution is -2.57. The van der Waals surface area contributed by atoms with Gasteiger partial charge in [0.2, 0.25) is 0 Å². The molecule has 5 rings (SSSR count). The summed E-state index contributed by atoms with van der Waals surface area (Å²) in [6.07, 6.45) is 8.47. The summed E-state index contributed by atoms with van der Waals surface area (Å²) in [5, 5.41) is 4.32. The maximum absolute atomic E-state index is 5.01. The topological polar surface area (TPSA) is 42.1 Å². The predicted molar refractivity (Wildman–Crippen MR) is 114 cm³/mol. The Morgan fingerprint density at radius 3 is 2.48 bits per heavy atom. The Bertz CT molecular complexity index is 964. The van der Waals surface area contributed by atoms with Crippen LogP contribution in [0.2, 0.25) is 0 Å². The van der Waals surface area contributed by atoms with Crippen LogP contribution in [-0.2, 0) is 25.7 Å². The number of likely N-dealkylation sites (tertiary alicyclic amines) is 1. The molecule has 29 heavy (non-hydrogen) atoms. The van der Waals surface area contributed by atoms with E-state index in [4.69, 9.17) is 4.98 Å². The standard InChI is InChI=1S/C23H30N6/c1-3-28-13-14-29-21(20-7-5-4-6-8-20)16-24-22(29)23(28)9-11-27(12-10-23)18-19-15-25-26(2)17-19/h4-8,15-17H,3,9-14,18H2,1-2H3. The van der Waals surface area contributed by atoms with Crippen LogP contribution in [0.4, 0.5) is 0 Å². The molecular formula is C23H30N6. The van der Waals surface area contributed by atoms with Gasteiger partial charge in [-0.3, -0.25) is 14.5 Å². The van der Waals surface area contributed by atoms with Gasteiger partial charge < -0.3 is 4.57 Å². The summed E-state index contributed by atoms with van der Waals surface area (Å²) in [5.74, 6) is 1.27. The quantitative estimate of drug-likeness (QED) is 0.687. The van der Waals surface area contributed by atoms with Gasteiger partial charge in [-0.25, -0.2) is 4.98 Å². The molecule has 0 atom stereocenters. The van der Waals surface area contributed by atoms with Gasteiger partial charge in [0.15, 0.2) is 0 Å². The number of nitrogens with zero attached hydrogens (tertiary/aromatic N) is 6. The second-order valence-electron chi connectivity index (χ2n) is 8.39. The van der Waals surface area contributed by atoms with Crippen LogP contribution in [0.3, 0.4) is 0 Å². The van der Waals surface area contributed by atoms with Crippen molar-refractivity contribution in [3.63, 3.8) is 0 Å². The van der Waals surface area contributed by atoms with Crippen LogP contribution in [0, 0.1) is 0 Å². The van der Waals surface area contributed by atoms with E-state index in [0.717, 1.165) is 52.1 Å². The molecule has 0 radical (unpaired) electrons. The fraction of sp³-hybridized carbons (Fsp3) is 0.478. The summed E-state index contributed by atoms with van der Waals surface area (Å²) in [4.78, 5) is 10.2. The molecule has 152 valence electrons. The van der Waals surface area contributed by atoms with Crippen molar-refractivity contribution < 1.29 is 0 Å². The molecule has 0 saturated carbocycles. The Kier molecular flexibility index (Phi) is 4.76. The summed E-state index contributed by atoms with van der Waals surface area (Å²) >= 11 is 0. The molecule has 2 aliphatic heterocycles. The molecule has 0 bridgehead atoms. The maximum atomic E-state index is 5.01. The molecule has 2 aromatic heterocycles. The number of piperidine rings is 1. The molecule has 3 aromatic rings. The van der Waals surface area contributed by atoms with Crippen LogP contribution < -0.4 is 0 Å². The van der Waals surface area contributed by atoms with Gasteiger partial charge in [0.05, 0.1) is 23.6 Å². The van der Waals surface area contributed by atoms with Crippen LogP contribution >= 0.6 is 0 Å². The first kappa shape index (κ1) is 18.6. The van der Waals surface area contributed by atoms with Gasteiger partial charge in [-0.15, -0.1) is 0 Å². The van der Waals surface area contributed by atoms with Crippen molar-refractivity contribution >= 4 is 0 Å². The first-order valence-electron chi connectivity index (χ1n) is 10.8. The molecule has 1 spiro atoms. The van der Waals surface area contributed by atoms with Crippen molar-refractivity contribution in [2.45, 2.75) is 38.4 Å². The number of rotatable bonds is 4. The van der Waals surface area contributed by atoms with Crippen molar-refractivity contribution in [1.82, 2.24) is 29.1 Å². The number of benzene rings is 1. The minimum Gasteiger partial charge on any atom is -0.325 e. The highest BCUT2D eigenvalue weighted by molar-refractivity contribution is 5.59. The van der Waals surface area contributed by atoms with E-state index in [1.807, 2.05) is 17.9 Å². The third-order valence-corrected chi connectivity index (χ3v) is 6.77. The van der Waals surface area contributed by atoms with Gasteiger partial charge in [-0.1, -0.05) is 37.3 Å². The average molecular weight is 391 g/mol. The monoisotopic (exact) mass is 390 g/mol. The van der Waals surface area contributed by atoms with E-state index in [1.54, 1.807) is 0 Å². The van der Waals surface area contributed by atoms with Crippen LogP contribution in [-0.4, -0.2) is 55.3 Å². The van der Waals surface area contributed by atoms with Gasteiger partial charge in [0, 0.05) is 51.5 Å². The van der Waals surface area contributed by atoms with Crippen LogP contribution in [0.1, 0.15) is 31.2 Å². The van der Waals surface area contributed by atoms with Gasteiger partial charge in [0.1, 0.15) is 5.82 Å². The van der Waals surface area contributed by atoms with Crippen LogP contribution in [0.25, 0.3) is 11.3 Å². The zero-order valence-electron chi connectivity index (χ0n) is 17.5. The van der Waals surface area contributed by atoms with E-state index in [2.05, 4.69) is 69.1 Å². The Balaban J connectivity index is 1.42. The second-order valence-corrected chi connectivity index (χ2v) is 8.39. The highest BCUT2D eigenvalue weighted by Gasteiger charge is 2.46. The van der Waals surface area contributed by atoms with Crippen LogP contribution in [0.15, 0.2) is 48.9 Å². The Labute approximate surface area is 172 Å². The van der Waals surface area contributed by atoms with Crippen LogP contribution in [0.5, 0.6) is 0 Å².